The third kappa shape index (κ3) is 3.90. The molecule has 0 bridgehead atoms. The highest BCUT2D eigenvalue weighted by atomic mass is 16.5. The number of aromatic amines is 1. The summed E-state index contributed by atoms with van der Waals surface area (Å²) in [5.74, 6) is 1.55. The molecular formula is C17H21N5O3. The molecule has 0 saturated heterocycles. The second kappa shape index (κ2) is 7.25. The van der Waals surface area contributed by atoms with Crippen molar-refractivity contribution in [1.82, 2.24) is 9.97 Å². The summed E-state index contributed by atoms with van der Waals surface area (Å²) in [4.78, 5) is 23.4. The first-order chi connectivity index (χ1) is 12.1. The van der Waals surface area contributed by atoms with Crippen LogP contribution < -0.4 is 26.1 Å². The lowest BCUT2D eigenvalue weighted by molar-refractivity contribution is 0.395. The van der Waals surface area contributed by atoms with Crippen LogP contribution in [0.4, 0.5) is 11.6 Å². The quantitative estimate of drug-likeness (QED) is 0.575. The largest absolute Gasteiger partial charge is 0.497 e. The molecule has 1 aromatic carbocycles. The number of benzene rings is 1. The predicted octanol–water partition coefficient (Wildman–Crippen LogP) is 1.72. The maximum Gasteiger partial charge on any atom is 0.255 e. The first-order valence-electron chi connectivity index (χ1n) is 8.05. The highest BCUT2D eigenvalue weighted by Crippen LogP contribution is 2.25. The Hall–Kier alpha value is -3.03. The number of aliphatic imine (C=N–C) groups is 1. The number of nitrogens with zero attached hydrogens (tertiary/aromatic N) is 2. The van der Waals surface area contributed by atoms with E-state index in [0.29, 0.717) is 17.2 Å². The van der Waals surface area contributed by atoms with Crippen LogP contribution in [0.25, 0.3) is 0 Å². The SMILES string of the molecule is COc1cc(N/C(N)=N/c2nc3c(c(=O)[nH]2)CCCC3)cc(OC)c1. The second-order valence-electron chi connectivity index (χ2n) is 5.75. The third-order valence-corrected chi connectivity index (χ3v) is 4.03. The van der Waals surface area contributed by atoms with Crippen molar-refractivity contribution in [2.45, 2.75) is 25.7 Å². The Morgan fingerprint density at radius 3 is 2.56 bits per heavy atom. The van der Waals surface area contributed by atoms with Gasteiger partial charge in [-0.15, -0.1) is 0 Å². The van der Waals surface area contributed by atoms with Crippen molar-refractivity contribution in [3.63, 3.8) is 0 Å². The molecule has 0 atom stereocenters. The van der Waals surface area contributed by atoms with Crippen LogP contribution in [0, 0.1) is 0 Å². The minimum absolute atomic E-state index is 0.106. The summed E-state index contributed by atoms with van der Waals surface area (Å²) in [6.07, 6.45) is 3.60. The number of fused-ring (bicyclic) bond motifs is 1. The van der Waals surface area contributed by atoms with E-state index in [0.717, 1.165) is 36.9 Å². The molecule has 1 aliphatic rings. The number of H-pyrrole nitrogens is 1. The minimum Gasteiger partial charge on any atom is -0.497 e. The Morgan fingerprint density at radius 1 is 1.20 bits per heavy atom. The van der Waals surface area contributed by atoms with E-state index in [9.17, 15) is 4.79 Å². The van der Waals surface area contributed by atoms with Gasteiger partial charge in [0, 0.05) is 29.4 Å². The Balaban J connectivity index is 1.85. The van der Waals surface area contributed by atoms with Crippen LogP contribution in [0.15, 0.2) is 28.0 Å². The first kappa shape index (κ1) is 16.8. The molecule has 8 nitrogen and oxygen atoms in total. The predicted molar refractivity (Wildman–Crippen MR) is 96.0 cm³/mol. The van der Waals surface area contributed by atoms with Crippen LogP contribution >= 0.6 is 0 Å². The molecule has 0 aliphatic heterocycles. The van der Waals surface area contributed by atoms with Crippen molar-refractivity contribution >= 4 is 17.6 Å². The van der Waals surface area contributed by atoms with Crippen LogP contribution in [-0.4, -0.2) is 30.1 Å². The van der Waals surface area contributed by atoms with E-state index < -0.39 is 0 Å². The number of aromatic nitrogens is 2. The van der Waals surface area contributed by atoms with Crippen LogP contribution in [0.5, 0.6) is 11.5 Å². The number of methoxy groups -OCH3 is 2. The Bertz CT molecular complexity index is 838. The molecule has 8 heteroatoms. The summed E-state index contributed by atoms with van der Waals surface area (Å²) in [6, 6.07) is 5.27. The van der Waals surface area contributed by atoms with E-state index in [1.54, 1.807) is 32.4 Å². The zero-order chi connectivity index (χ0) is 17.8. The minimum atomic E-state index is -0.140. The molecule has 2 aromatic rings. The number of aryl methyl sites for hydroxylation is 1. The van der Waals surface area contributed by atoms with Gasteiger partial charge in [-0.05, 0) is 25.7 Å². The molecule has 0 saturated carbocycles. The standard InChI is InChI=1S/C17H21N5O3/c1-24-11-7-10(8-12(9-11)25-2)19-16(18)22-17-20-14-6-4-3-5-13(14)15(23)21-17/h7-9H,3-6H2,1-2H3,(H4,18,19,20,21,22,23). The van der Waals surface area contributed by atoms with Crippen LogP contribution in [-0.2, 0) is 12.8 Å². The van der Waals surface area contributed by atoms with Gasteiger partial charge in [0.05, 0.1) is 19.9 Å². The fourth-order valence-electron chi connectivity index (χ4n) is 2.81. The first-order valence-corrected chi connectivity index (χ1v) is 8.05. The van der Waals surface area contributed by atoms with Gasteiger partial charge in [0.15, 0.2) is 0 Å². The van der Waals surface area contributed by atoms with Crippen molar-refractivity contribution in [2.24, 2.45) is 10.7 Å². The Kier molecular flexibility index (Phi) is 4.87. The van der Waals surface area contributed by atoms with Gasteiger partial charge in [-0.2, -0.15) is 4.99 Å². The summed E-state index contributed by atoms with van der Waals surface area (Å²) in [5, 5.41) is 2.95. The lowest BCUT2D eigenvalue weighted by Crippen LogP contribution is -2.24. The van der Waals surface area contributed by atoms with Crippen LogP contribution in [0.2, 0.25) is 0 Å². The highest BCUT2D eigenvalue weighted by molar-refractivity contribution is 5.93. The maximum absolute atomic E-state index is 12.1. The zero-order valence-electron chi connectivity index (χ0n) is 14.3. The molecule has 132 valence electrons. The van der Waals surface area contributed by atoms with E-state index >= 15 is 0 Å². The number of rotatable bonds is 4. The Morgan fingerprint density at radius 2 is 1.88 bits per heavy atom. The molecule has 0 unspecified atom stereocenters. The number of ether oxygens (including phenoxy) is 2. The van der Waals surface area contributed by atoms with E-state index in [-0.39, 0.29) is 17.5 Å². The van der Waals surface area contributed by atoms with Crippen LogP contribution in [0.1, 0.15) is 24.1 Å². The summed E-state index contributed by atoms with van der Waals surface area (Å²) in [5.41, 5.74) is 8.02. The highest BCUT2D eigenvalue weighted by Gasteiger charge is 2.15. The third-order valence-electron chi connectivity index (χ3n) is 4.03. The normalized spacial score (nSPS) is 13.9. The number of hydrogen-bond acceptors (Lipinski definition) is 5. The number of hydrogen-bond donors (Lipinski definition) is 3. The van der Waals surface area contributed by atoms with Crippen LogP contribution in [0.3, 0.4) is 0 Å². The van der Waals surface area contributed by atoms with Gasteiger partial charge in [0.1, 0.15) is 11.5 Å². The number of guanidine groups is 1. The fourth-order valence-corrected chi connectivity index (χ4v) is 2.81. The molecule has 1 aliphatic carbocycles. The van der Waals surface area contributed by atoms with Gasteiger partial charge < -0.3 is 20.5 Å². The van der Waals surface area contributed by atoms with Gasteiger partial charge in [0.25, 0.3) is 5.56 Å². The molecule has 0 fully saturated rings. The van der Waals surface area contributed by atoms with Gasteiger partial charge in [-0.3, -0.25) is 9.78 Å². The molecule has 0 spiro atoms. The van der Waals surface area contributed by atoms with Gasteiger partial charge in [-0.25, -0.2) is 4.98 Å². The topological polar surface area (TPSA) is 115 Å². The van der Waals surface area contributed by atoms with Gasteiger partial charge in [0.2, 0.25) is 11.9 Å². The van der Waals surface area contributed by atoms with E-state index in [1.807, 2.05) is 0 Å². The van der Waals surface area contributed by atoms with E-state index in [2.05, 4.69) is 20.3 Å². The monoisotopic (exact) mass is 343 g/mol. The van der Waals surface area contributed by atoms with Crippen molar-refractivity contribution in [2.75, 3.05) is 19.5 Å². The number of anilines is 1. The summed E-state index contributed by atoms with van der Waals surface area (Å²) in [7, 11) is 3.13. The second-order valence-corrected chi connectivity index (χ2v) is 5.75. The summed E-state index contributed by atoms with van der Waals surface area (Å²) < 4.78 is 10.4. The average Bonchev–Trinajstić information content (AvgIpc) is 2.61. The number of nitrogens with one attached hydrogen (secondary N) is 2. The maximum atomic E-state index is 12.1. The van der Waals surface area contributed by atoms with Crippen molar-refractivity contribution in [3.8, 4) is 11.5 Å². The van der Waals surface area contributed by atoms with Gasteiger partial charge in [-0.1, -0.05) is 0 Å². The zero-order valence-corrected chi connectivity index (χ0v) is 14.3. The van der Waals surface area contributed by atoms with Crippen molar-refractivity contribution < 1.29 is 9.47 Å². The lowest BCUT2D eigenvalue weighted by atomic mass is 9.97. The molecule has 0 amide bonds. The van der Waals surface area contributed by atoms with E-state index in [4.69, 9.17) is 15.2 Å². The molecule has 1 heterocycles. The lowest BCUT2D eigenvalue weighted by Gasteiger charge is -2.13. The molecule has 25 heavy (non-hydrogen) atoms. The summed E-state index contributed by atoms with van der Waals surface area (Å²) in [6.45, 7) is 0. The van der Waals surface area contributed by atoms with Gasteiger partial charge >= 0.3 is 0 Å². The fraction of sp³-hybridized carbons (Fsp3) is 0.353. The molecular weight excluding hydrogens is 322 g/mol. The summed E-state index contributed by atoms with van der Waals surface area (Å²) >= 11 is 0. The molecule has 0 radical (unpaired) electrons. The van der Waals surface area contributed by atoms with Crippen molar-refractivity contribution in [3.05, 3.63) is 39.8 Å². The van der Waals surface area contributed by atoms with Crippen molar-refractivity contribution in [1.29, 1.82) is 0 Å². The molecule has 1 aromatic heterocycles. The smallest absolute Gasteiger partial charge is 0.255 e. The average molecular weight is 343 g/mol. The Labute approximate surface area is 145 Å². The number of nitrogens with two attached hydrogens (primary N) is 1. The molecule has 3 rings (SSSR count). The van der Waals surface area contributed by atoms with E-state index in [1.165, 1.54) is 0 Å². The molecule has 4 N–H and O–H groups in total.